The fourth-order valence-corrected chi connectivity index (χ4v) is 5.43. The van der Waals surface area contributed by atoms with Crippen molar-refractivity contribution >= 4 is 5.91 Å². The predicted octanol–water partition coefficient (Wildman–Crippen LogP) is 3.24. The van der Waals surface area contributed by atoms with Crippen LogP contribution in [0.4, 0.5) is 0 Å². The lowest BCUT2D eigenvalue weighted by atomic mass is 9.92. The summed E-state index contributed by atoms with van der Waals surface area (Å²) in [6.45, 7) is 10.7. The molecular weight excluding hydrogens is 346 g/mol. The van der Waals surface area contributed by atoms with Gasteiger partial charge in [0, 0.05) is 24.2 Å². The predicted molar refractivity (Wildman–Crippen MR) is 114 cm³/mol. The standard InChI is InChI=1S/C24H37N3O/c1-24(2,3)25-23(28)20-9-6-12-27(17-20)21-10-13-26(14-11-21)22-15-18-7-4-5-8-19(18)16-22/h4-5,7-8,20-22H,6,9-17H2,1-3H3,(H,25,28). The van der Waals surface area contributed by atoms with Crippen molar-refractivity contribution in [1.29, 1.82) is 0 Å². The molecule has 1 amide bonds. The number of fused-ring (bicyclic) bond motifs is 1. The topological polar surface area (TPSA) is 35.6 Å². The van der Waals surface area contributed by atoms with Crippen LogP contribution in [0.15, 0.2) is 24.3 Å². The third-order valence-electron chi connectivity index (χ3n) is 6.88. The molecule has 2 saturated heterocycles. The first-order valence-corrected chi connectivity index (χ1v) is 11.3. The lowest BCUT2D eigenvalue weighted by Crippen LogP contribution is -2.53. The molecule has 1 unspecified atom stereocenters. The van der Waals surface area contributed by atoms with Gasteiger partial charge in [-0.1, -0.05) is 24.3 Å². The lowest BCUT2D eigenvalue weighted by Gasteiger charge is -2.43. The Bertz CT molecular complexity index is 662. The Morgan fingerprint density at radius 2 is 1.57 bits per heavy atom. The number of amides is 1. The van der Waals surface area contributed by atoms with Crippen LogP contribution in [0.2, 0.25) is 0 Å². The third-order valence-corrected chi connectivity index (χ3v) is 6.88. The van der Waals surface area contributed by atoms with Gasteiger partial charge in [-0.2, -0.15) is 0 Å². The summed E-state index contributed by atoms with van der Waals surface area (Å²) in [6, 6.07) is 10.3. The van der Waals surface area contributed by atoms with Crippen LogP contribution in [0, 0.1) is 5.92 Å². The monoisotopic (exact) mass is 383 g/mol. The molecule has 1 aliphatic carbocycles. The number of nitrogens with one attached hydrogen (secondary N) is 1. The second-order valence-electron chi connectivity index (χ2n) is 10.2. The van der Waals surface area contributed by atoms with Crippen molar-refractivity contribution in [1.82, 2.24) is 15.1 Å². The summed E-state index contributed by atoms with van der Waals surface area (Å²) in [5.74, 6) is 0.411. The maximum Gasteiger partial charge on any atom is 0.224 e. The largest absolute Gasteiger partial charge is 0.351 e. The highest BCUT2D eigenvalue weighted by Gasteiger charge is 2.35. The molecule has 1 atom stereocenters. The average molecular weight is 384 g/mol. The van der Waals surface area contributed by atoms with Gasteiger partial charge in [-0.25, -0.2) is 0 Å². The van der Waals surface area contributed by atoms with E-state index in [2.05, 4.69) is 60.2 Å². The maximum absolute atomic E-state index is 12.6. The zero-order valence-electron chi connectivity index (χ0n) is 17.9. The summed E-state index contributed by atoms with van der Waals surface area (Å²) < 4.78 is 0. The molecular formula is C24H37N3O. The van der Waals surface area contributed by atoms with Crippen molar-refractivity contribution in [2.75, 3.05) is 26.2 Å². The molecule has 0 radical (unpaired) electrons. The minimum absolute atomic E-state index is 0.135. The number of likely N-dealkylation sites (tertiary alicyclic amines) is 2. The highest BCUT2D eigenvalue weighted by Crippen LogP contribution is 2.29. The number of hydrogen-bond acceptors (Lipinski definition) is 3. The second kappa shape index (κ2) is 8.16. The highest BCUT2D eigenvalue weighted by molar-refractivity contribution is 5.79. The molecule has 0 saturated carbocycles. The summed E-state index contributed by atoms with van der Waals surface area (Å²) in [4.78, 5) is 18.0. The van der Waals surface area contributed by atoms with Crippen molar-refractivity contribution in [3.05, 3.63) is 35.4 Å². The quantitative estimate of drug-likeness (QED) is 0.870. The molecule has 3 aliphatic rings. The lowest BCUT2D eigenvalue weighted by molar-refractivity contribution is -0.128. The Labute approximate surface area is 170 Å². The number of rotatable bonds is 3. The van der Waals surface area contributed by atoms with Gasteiger partial charge in [0.05, 0.1) is 5.92 Å². The first-order valence-electron chi connectivity index (χ1n) is 11.3. The zero-order valence-corrected chi connectivity index (χ0v) is 17.9. The van der Waals surface area contributed by atoms with Gasteiger partial charge in [-0.3, -0.25) is 14.6 Å². The summed E-state index contributed by atoms with van der Waals surface area (Å²) in [5, 5.41) is 3.19. The number of carbonyl (C=O) groups is 1. The van der Waals surface area contributed by atoms with Gasteiger partial charge < -0.3 is 5.32 Å². The molecule has 4 heteroatoms. The minimum Gasteiger partial charge on any atom is -0.351 e. The number of nitrogens with zero attached hydrogens (tertiary/aromatic N) is 2. The normalized spacial score (nSPS) is 25.6. The van der Waals surface area contributed by atoms with Crippen molar-refractivity contribution in [2.45, 2.75) is 76.9 Å². The van der Waals surface area contributed by atoms with Crippen molar-refractivity contribution in [2.24, 2.45) is 5.92 Å². The maximum atomic E-state index is 12.6. The van der Waals surface area contributed by atoms with E-state index in [1.54, 1.807) is 11.1 Å². The Balaban J connectivity index is 1.27. The highest BCUT2D eigenvalue weighted by atomic mass is 16.2. The molecule has 2 aliphatic heterocycles. The van der Waals surface area contributed by atoms with E-state index in [9.17, 15) is 4.79 Å². The summed E-state index contributed by atoms with van der Waals surface area (Å²) >= 11 is 0. The van der Waals surface area contributed by atoms with E-state index < -0.39 is 0 Å². The van der Waals surface area contributed by atoms with Crippen LogP contribution in [0.1, 0.15) is 57.6 Å². The Kier molecular flexibility index (Phi) is 5.80. The smallest absolute Gasteiger partial charge is 0.224 e. The summed E-state index contributed by atoms with van der Waals surface area (Å²) in [6.07, 6.45) is 7.14. The third kappa shape index (κ3) is 4.60. The van der Waals surface area contributed by atoms with E-state index in [1.165, 1.54) is 45.3 Å². The fraction of sp³-hybridized carbons (Fsp3) is 0.708. The minimum atomic E-state index is -0.135. The molecule has 1 N–H and O–H groups in total. The molecule has 28 heavy (non-hydrogen) atoms. The Morgan fingerprint density at radius 3 is 2.18 bits per heavy atom. The molecule has 154 valence electrons. The molecule has 2 fully saturated rings. The second-order valence-corrected chi connectivity index (χ2v) is 10.2. The molecule has 0 spiro atoms. The molecule has 0 aromatic heterocycles. The molecule has 1 aromatic carbocycles. The molecule has 0 bridgehead atoms. The average Bonchev–Trinajstić information content (AvgIpc) is 3.11. The first-order chi connectivity index (χ1) is 13.4. The van der Waals surface area contributed by atoms with E-state index in [-0.39, 0.29) is 17.4 Å². The van der Waals surface area contributed by atoms with Gasteiger partial charge in [-0.15, -0.1) is 0 Å². The SMILES string of the molecule is CC(C)(C)NC(=O)C1CCCN(C2CCN(C3Cc4ccccc4C3)CC2)C1. The summed E-state index contributed by atoms with van der Waals surface area (Å²) in [7, 11) is 0. The van der Waals surface area contributed by atoms with Crippen LogP contribution in [0.25, 0.3) is 0 Å². The van der Waals surface area contributed by atoms with E-state index in [0.717, 1.165) is 19.4 Å². The van der Waals surface area contributed by atoms with Crippen molar-refractivity contribution < 1.29 is 4.79 Å². The number of benzene rings is 1. The number of piperidine rings is 2. The van der Waals surface area contributed by atoms with Crippen LogP contribution >= 0.6 is 0 Å². The van der Waals surface area contributed by atoms with E-state index >= 15 is 0 Å². The van der Waals surface area contributed by atoms with Gasteiger partial charge in [0.2, 0.25) is 5.91 Å². The van der Waals surface area contributed by atoms with Crippen molar-refractivity contribution in [3.63, 3.8) is 0 Å². The van der Waals surface area contributed by atoms with E-state index in [4.69, 9.17) is 0 Å². The number of hydrogen-bond donors (Lipinski definition) is 1. The molecule has 4 nitrogen and oxygen atoms in total. The van der Waals surface area contributed by atoms with Crippen LogP contribution in [-0.2, 0) is 17.6 Å². The van der Waals surface area contributed by atoms with Crippen LogP contribution in [-0.4, -0.2) is 59.5 Å². The van der Waals surface area contributed by atoms with Gasteiger partial charge in [-0.05, 0) is 90.1 Å². The van der Waals surface area contributed by atoms with Gasteiger partial charge in [0.25, 0.3) is 0 Å². The van der Waals surface area contributed by atoms with E-state index in [0.29, 0.717) is 12.1 Å². The van der Waals surface area contributed by atoms with Gasteiger partial charge in [0.1, 0.15) is 0 Å². The molecule has 1 aromatic rings. The van der Waals surface area contributed by atoms with Crippen molar-refractivity contribution in [3.8, 4) is 0 Å². The molecule has 4 rings (SSSR count). The fourth-order valence-electron chi connectivity index (χ4n) is 5.43. The van der Waals surface area contributed by atoms with Crippen LogP contribution in [0.5, 0.6) is 0 Å². The van der Waals surface area contributed by atoms with E-state index in [1.807, 2.05) is 0 Å². The summed E-state index contributed by atoms with van der Waals surface area (Å²) in [5.41, 5.74) is 2.97. The number of carbonyl (C=O) groups excluding carboxylic acids is 1. The van der Waals surface area contributed by atoms with Crippen LogP contribution in [0.3, 0.4) is 0 Å². The van der Waals surface area contributed by atoms with Gasteiger partial charge >= 0.3 is 0 Å². The van der Waals surface area contributed by atoms with Gasteiger partial charge in [0.15, 0.2) is 0 Å². The van der Waals surface area contributed by atoms with Crippen LogP contribution < -0.4 is 5.32 Å². The zero-order chi connectivity index (χ0) is 19.7. The first kappa shape index (κ1) is 19.9. The Morgan fingerprint density at radius 1 is 0.929 bits per heavy atom. The molecule has 2 heterocycles. The Hall–Kier alpha value is -1.39.